The number of carbonyl (C=O) groups excluding carboxylic acids is 1. The van der Waals surface area contributed by atoms with Crippen LogP contribution in [0, 0.1) is 12.8 Å². The molecular formula is C20H31N3O4S. The molecule has 0 spiro atoms. The van der Waals surface area contributed by atoms with Crippen molar-refractivity contribution in [3.05, 3.63) is 23.8 Å². The number of sulfonamides is 1. The van der Waals surface area contributed by atoms with Crippen LogP contribution in [0.4, 0.5) is 5.69 Å². The Labute approximate surface area is 168 Å². The molecule has 0 aliphatic carbocycles. The molecule has 156 valence electrons. The van der Waals surface area contributed by atoms with E-state index in [1.165, 1.54) is 4.31 Å². The van der Waals surface area contributed by atoms with Crippen LogP contribution >= 0.6 is 0 Å². The molecular weight excluding hydrogens is 378 g/mol. The number of piperidine rings is 1. The quantitative estimate of drug-likeness (QED) is 0.806. The molecule has 0 aromatic heterocycles. The number of nitrogens with zero attached hydrogens (tertiary/aromatic N) is 2. The summed E-state index contributed by atoms with van der Waals surface area (Å²) in [7, 11) is -3.61. The number of morpholine rings is 1. The third-order valence-corrected chi connectivity index (χ3v) is 7.83. The van der Waals surface area contributed by atoms with Crippen LogP contribution in [0.2, 0.25) is 0 Å². The average molecular weight is 410 g/mol. The fraction of sp³-hybridized carbons (Fsp3) is 0.650. The predicted octanol–water partition coefficient (Wildman–Crippen LogP) is 2.07. The van der Waals surface area contributed by atoms with Gasteiger partial charge in [-0.2, -0.15) is 4.31 Å². The number of ether oxygens (including phenoxy) is 1. The van der Waals surface area contributed by atoms with E-state index in [-0.39, 0.29) is 16.8 Å². The van der Waals surface area contributed by atoms with Crippen molar-refractivity contribution >= 4 is 21.6 Å². The Hall–Kier alpha value is -1.48. The van der Waals surface area contributed by atoms with Crippen LogP contribution in [0.1, 0.15) is 32.3 Å². The van der Waals surface area contributed by atoms with Crippen LogP contribution < -0.4 is 5.32 Å². The first-order valence-electron chi connectivity index (χ1n) is 10.0. The third kappa shape index (κ3) is 4.74. The van der Waals surface area contributed by atoms with E-state index < -0.39 is 10.0 Å². The van der Waals surface area contributed by atoms with Crippen molar-refractivity contribution in [3.63, 3.8) is 0 Å². The summed E-state index contributed by atoms with van der Waals surface area (Å²) < 4.78 is 32.7. The normalized spacial score (nSPS) is 21.4. The first kappa shape index (κ1) is 21.2. The van der Waals surface area contributed by atoms with Crippen molar-refractivity contribution in [1.29, 1.82) is 0 Å². The van der Waals surface area contributed by atoms with Crippen LogP contribution in [-0.4, -0.2) is 69.0 Å². The SMILES string of the molecule is Cc1ccc(NC(=O)[C@H](C)N2CCC(C)CC2)cc1S(=O)(=O)N1CCOCC1. The molecule has 1 atom stereocenters. The highest BCUT2D eigenvalue weighted by molar-refractivity contribution is 7.89. The summed E-state index contributed by atoms with van der Waals surface area (Å²) in [5.41, 5.74) is 1.18. The molecule has 2 heterocycles. The second kappa shape index (κ2) is 8.90. The maximum absolute atomic E-state index is 13.0. The topological polar surface area (TPSA) is 79.0 Å². The number of aryl methyl sites for hydroxylation is 1. The lowest BCUT2D eigenvalue weighted by Crippen LogP contribution is -2.45. The number of hydrogen-bond acceptors (Lipinski definition) is 5. The molecule has 3 rings (SSSR count). The Bertz CT molecular complexity index is 798. The second-order valence-corrected chi connectivity index (χ2v) is 9.79. The van der Waals surface area contributed by atoms with Gasteiger partial charge in [0.2, 0.25) is 15.9 Å². The van der Waals surface area contributed by atoms with E-state index >= 15 is 0 Å². The number of likely N-dealkylation sites (tertiary alicyclic amines) is 1. The van der Waals surface area contributed by atoms with E-state index in [1.807, 2.05) is 6.92 Å². The molecule has 0 saturated carbocycles. The fourth-order valence-electron chi connectivity index (χ4n) is 3.71. The van der Waals surface area contributed by atoms with Gasteiger partial charge in [0.15, 0.2) is 0 Å². The Kier molecular flexibility index (Phi) is 6.75. The molecule has 1 aromatic carbocycles. The van der Waals surface area contributed by atoms with Crippen molar-refractivity contribution in [1.82, 2.24) is 9.21 Å². The molecule has 2 aliphatic heterocycles. The van der Waals surface area contributed by atoms with Gasteiger partial charge in [-0.1, -0.05) is 13.0 Å². The van der Waals surface area contributed by atoms with Gasteiger partial charge in [-0.3, -0.25) is 9.69 Å². The van der Waals surface area contributed by atoms with Crippen LogP contribution in [-0.2, 0) is 19.6 Å². The number of carbonyl (C=O) groups is 1. The standard InChI is InChI=1S/C20H31N3O4S/c1-15-6-8-22(9-7-15)17(3)20(24)21-18-5-4-16(2)19(14-18)28(25,26)23-10-12-27-13-11-23/h4-5,14-15,17H,6-13H2,1-3H3,(H,21,24)/t17-/m0/s1. The largest absolute Gasteiger partial charge is 0.379 e. The molecule has 0 bridgehead atoms. The lowest BCUT2D eigenvalue weighted by Gasteiger charge is -2.34. The van der Waals surface area contributed by atoms with E-state index in [9.17, 15) is 13.2 Å². The van der Waals surface area contributed by atoms with E-state index in [4.69, 9.17) is 4.74 Å². The Morgan fingerprint density at radius 3 is 2.46 bits per heavy atom. The zero-order valence-electron chi connectivity index (χ0n) is 17.0. The zero-order valence-corrected chi connectivity index (χ0v) is 17.8. The van der Waals surface area contributed by atoms with Crippen molar-refractivity contribution in [2.75, 3.05) is 44.7 Å². The van der Waals surface area contributed by atoms with Crippen molar-refractivity contribution < 1.29 is 17.9 Å². The van der Waals surface area contributed by atoms with Gasteiger partial charge in [-0.15, -0.1) is 0 Å². The van der Waals surface area contributed by atoms with E-state index in [0.29, 0.717) is 43.5 Å². The molecule has 1 aromatic rings. The van der Waals surface area contributed by atoms with Crippen LogP contribution in [0.15, 0.2) is 23.1 Å². The van der Waals surface area contributed by atoms with Gasteiger partial charge < -0.3 is 10.1 Å². The fourth-order valence-corrected chi connectivity index (χ4v) is 5.37. The molecule has 8 heteroatoms. The molecule has 28 heavy (non-hydrogen) atoms. The van der Waals surface area contributed by atoms with Crippen molar-refractivity contribution in [3.8, 4) is 0 Å². The minimum absolute atomic E-state index is 0.104. The lowest BCUT2D eigenvalue weighted by atomic mass is 9.98. The Morgan fingerprint density at radius 1 is 1.18 bits per heavy atom. The van der Waals surface area contributed by atoms with Gasteiger partial charge in [0, 0.05) is 18.8 Å². The van der Waals surface area contributed by atoms with E-state index in [1.54, 1.807) is 25.1 Å². The minimum Gasteiger partial charge on any atom is -0.379 e. The van der Waals surface area contributed by atoms with Crippen molar-refractivity contribution in [2.24, 2.45) is 5.92 Å². The smallest absolute Gasteiger partial charge is 0.243 e. The van der Waals surface area contributed by atoms with Gasteiger partial charge >= 0.3 is 0 Å². The van der Waals surface area contributed by atoms with E-state index in [0.717, 1.165) is 25.9 Å². The molecule has 1 amide bonds. The monoisotopic (exact) mass is 409 g/mol. The molecule has 0 radical (unpaired) electrons. The van der Waals surface area contributed by atoms with Gasteiger partial charge in [-0.05, 0) is 63.4 Å². The molecule has 2 saturated heterocycles. The van der Waals surface area contributed by atoms with Gasteiger partial charge in [0.05, 0.1) is 24.2 Å². The van der Waals surface area contributed by atoms with Gasteiger partial charge in [0.25, 0.3) is 0 Å². The Balaban J connectivity index is 1.73. The van der Waals surface area contributed by atoms with Crippen LogP contribution in [0.5, 0.6) is 0 Å². The van der Waals surface area contributed by atoms with E-state index in [2.05, 4.69) is 17.1 Å². The summed E-state index contributed by atoms with van der Waals surface area (Å²) in [5.74, 6) is 0.602. The predicted molar refractivity (Wildman–Crippen MR) is 109 cm³/mol. The molecule has 7 nitrogen and oxygen atoms in total. The molecule has 2 fully saturated rings. The summed E-state index contributed by atoms with van der Waals surface area (Å²) in [4.78, 5) is 15.1. The first-order chi connectivity index (χ1) is 13.3. The van der Waals surface area contributed by atoms with Gasteiger partial charge in [0.1, 0.15) is 0 Å². The molecule has 2 aliphatic rings. The Morgan fingerprint density at radius 2 is 1.82 bits per heavy atom. The number of benzene rings is 1. The number of hydrogen-bond donors (Lipinski definition) is 1. The summed E-state index contributed by atoms with van der Waals surface area (Å²) in [6.07, 6.45) is 2.20. The number of rotatable bonds is 5. The van der Waals surface area contributed by atoms with Crippen LogP contribution in [0.3, 0.4) is 0 Å². The maximum Gasteiger partial charge on any atom is 0.243 e. The first-order valence-corrected chi connectivity index (χ1v) is 11.5. The van der Waals surface area contributed by atoms with Crippen LogP contribution in [0.25, 0.3) is 0 Å². The zero-order chi connectivity index (χ0) is 20.3. The highest BCUT2D eigenvalue weighted by Gasteiger charge is 2.29. The second-order valence-electron chi connectivity index (χ2n) is 7.88. The van der Waals surface area contributed by atoms with Gasteiger partial charge in [-0.25, -0.2) is 8.42 Å². The summed E-state index contributed by atoms with van der Waals surface area (Å²) in [6, 6.07) is 4.84. The third-order valence-electron chi connectivity index (χ3n) is 5.79. The number of amides is 1. The summed E-state index contributed by atoms with van der Waals surface area (Å²) in [6.45, 7) is 9.26. The summed E-state index contributed by atoms with van der Waals surface area (Å²) >= 11 is 0. The number of anilines is 1. The molecule has 0 unspecified atom stereocenters. The minimum atomic E-state index is -3.61. The number of nitrogens with one attached hydrogen (secondary N) is 1. The summed E-state index contributed by atoms with van der Waals surface area (Å²) in [5, 5.41) is 2.90. The van der Waals surface area contributed by atoms with Crippen molar-refractivity contribution in [2.45, 2.75) is 44.6 Å². The maximum atomic E-state index is 13.0. The average Bonchev–Trinajstić information content (AvgIpc) is 2.70. The lowest BCUT2D eigenvalue weighted by molar-refractivity contribution is -0.121. The highest BCUT2D eigenvalue weighted by atomic mass is 32.2. The highest BCUT2D eigenvalue weighted by Crippen LogP contribution is 2.25. The molecule has 1 N–H and O–H groups in total.